The quantitative estimate of drug-likeness (QED) is 0.370. The molecule has 31 heavy (non-hydrogen) atoms. The number of nitrogens with one attached hydrogen (secondary N) is 1. The molecule has 2 heterocycles. The van der Waals surface area contributed by atoms with Gasteiger partial charge in [-0.2, -0.15) is 0 Å². The van der Waals surface area contributed by atoms with Crippen LogP contribution in [-0.4, -0.2) is 28.4 Å². The minimum atomic E-state index is -1.33. The first-order valence-corrected chi connectivity index (χ1v) is 10.4. The molecule has 0 aliphatic heterocycles. The summed E-state index contributed by atoms with van der Waals surface area (Å²) < 4.78 is 5.54. The Labute approximate surface area is 180 Å². The van der Waals surface area contributed by atoms with E-state index in [0.29, 0.717) is 15.8 Å². The van der Waals surface area contributed by atoms with Crippen molar-refractivity contribution in [2.45, 2.75) is 12.5 Å². The zero-order valence-electron chi connectivity index (χ0n) is 16.5. The van der Waals surface area contributed by atoms with Gasteiger partial charge in [0.05, 0.1) is 18.9 Å². The average Bonchev–Trinajstić information content (AvgIpc) is 3.23. The van der Waals surface area contributed by atoms with Crippen molar-refractivity contribution in [2.24, 2.45) is 0 Å². The molecular weight excluding hydrogens is 416 g/mol. The van der Waals surface area contributed by atoms with Crippen LogP contribution in [0, 0.1) is 0 Å². The number of benzene rings is 2. The highest BCUT2D eigenvalue weighted by atomic mass is 32.1. The summed E-state index contributed by atoms with van der Waals surface area (Å²) in [5, 5.41) is 2.09. The smallest absolute Gasteiger partial charge is 0.330 e. The molecular formula is C23H18N2O5S. The maximum absolute atomic E-state index is 13.5. The lowest BCUT2D eigenvalue weighted by atomic mass is 10.0. The number of hydrogen-bond donors (Lipinski definition) is 1. The predicted molar refractivity (Wildman–Crippen MR) is 119 cm³/mol. The summed E-state index contributed by atoms with van der Waals surface area (Å²) >= 11 is 1.24. The molecule has 156 valence electrons. The van der Waals surface area contributed by atoms with E-state index in [2.05, 4.69) is 4.98 Å². The molecule has 2 aromatic heterocycles. The van der Waals surface area contributed by atoms with Crippen molar-refractivity contribution >= 4 is 33.3 Å². The SMILES string of the molecule is COC(=O)CC(C(=O)c1ccccc1)n1c(=O)[nH]c2scc(-c3ccccc3)c2c1=O. The van der Waals surface area contributed by atoms with E-state index in [9.17, 15) is 19.2 Å². The van der Waals surface area contributed by atoms with Gasteiger partial charge in [0.25, 0.3) is 5.56 Å². The standard InChI is InChI=1S/C23H18N2O5S/c1-30-18(26)12-17(20(27)15-10-6-3-7-11-15)25-22(28)19-16(14-8-4-2-5-9-14)13-31-21(19)24-23(25)29/h2-11,13,17H,12H2,1H3,(H,24,29). The molecule has 0 aliphatic carbocycles. The van der Waals surface area contributed by atoms with Crippen LogP contribution in [0.5, 0.6) is 0 Å². The fraction of sp³-hybridized carbons (Fsp3) is 0.130. The fourth-order valence-electron chi connectivity index (χ4n) is 3.48. The number of Topliss-reactive ketones (excluding diaryl/α,β-unsaturated/α-hetero) is 1. The van der Waals surface area contributed by atoms with Crippen LogP contribution in [-0.2, 0) is 9.53 Å². The minimum Gasteiger partial charge on any atom is -0.469 e. The number of rotatable bonds is 6. The average molecular weight is 434 g/mol. The van der Waals surface area contributed by atoms with Crippen molar-refractivity contribution in [1.82, 2.24) is 9.55 Å². The van der Waals surface area contributed by atoms with Crippen LogP contribution in [0.3, 0.4) is 0 Å². The number of thiophene rings is 1. The lowest BCUT2D eigenvalue weighted by Crippen LogP contribution is -2.41. The zero-order valence-corrected chi connectivity index (χ0v) is 17.3. The fourth-order valence-corrected chi connectivity index (χ4v) is 4.43. The van der Waals surface area contributed by atoms with E-state index in [1.807, 2.05) is 30.3 Å². The van der Waals surface area contributed by atoms with Crippen LogP contribution >= 0.6 is 11.3 Å². The van der Waals surface area contributed by atoms with Gasteiger partial charge in [-0.05, 0) is 5.56 Å². The molecule has 4 rings (SSSR count). The lowest BCUT2D eigenvalue weighted by Gasteiger charge is -2.17. The molecule has 0 fully saturated rings. The third kappa shape index (κ3) is 3.85. The van der Waals surface area contributed by atoms with Gasteiger partial charge in [-0.3, -0.25) is 19.4 Å². The molecule has 0 saturated heterocycles. The molecule has 0 bridgehead atoms. The van der Waals surface area contributed by atoms with Crippen LogP contribution in [0.4, 0.5) is 0 Å². The maximum Gasteiger partial charge on any atom is 0.330 e. The molecule has 1 atom stereocenters. The highest BCUT2D eigenvalue weighted by molar-refractivity contribution is 7.17. The Morgan fingerprint density at radius 2 is 1.68 bits per heavy atom. The van der Waals surface area contributed by atoms with Gasteiger partial charge in [0.15, 0.2) is 5.78 Å². The number of aromatic nitrogens is 2. The second kappa shape index (κ2) is 8.53. The number of carbonyl (C=O) groups is 2. The first-order valence-electron chi connectivity index (χ1n) is 9.48. The number of fused-ring (bicyclic) bond motifs is 1. The number of aromatic amines is 1. The molecule has 0 spiro atoms. The van der Waals surface area contributed by atoms with Gasteiger partial charge in [-0.1, -0.05) is 60.7 Å². The Kier molecular flexibility index (Phi) is 5.64. The number of esters is 1. The van der Waals surface area contributed by atoms with Crippen molar-refractivity contribution in [3.05, 3.63) is 92.4 Å². The first-order chi connectivity index (χ1) is 15.0. The van der Waals surface area contributed by atoms with Crippen molar-refractivity contribution in [1.29, 1.82) is 0 Å². The molecule has 2 aromatic carbocycles. The molecule has 4 aromatic rings. The van der Waals surface area contributed by atoms with Gasteiger partial charge in [-0.15, -0.1) is 11.3 Å². The van der Waals surface area contributed by atoms with E-state index in [1.54, 1.807) is 35.7 Å². The van der Waals surface area contributed by atoms with E-state index in [-0.39, 0.29) is 5.56 Å². The van der Waals surface area contributed by atoms with E-state index in [4.69, 9.17) is 4.74 Å². The van der Waals surface area contributed by atoms with Crippen LogP contribution in [0.15, 0.2) is 75.6 Å². The predicted octanol–water partition coefficient (Wildman–Crippen LogP) is 3.41. The number of carbonyl (C=O) groups excluding carboxylic acids is 2. The largest absolute Gasteiger partial charge is 0.469 e. The van der Waals surface area contributed by atoms with Crippen molar-refractivity contribution in [3.63, 3.8) is 0 Å². The normalized spacial score (nSPS) is 11.9. The first kappa shape index (κ1) is 20.5. The van der Waals surface area contributed by atoms with Gasteiger partial charge in [0.1, 0.15) is 10.9 Å². The van der Waals surface area contributed by atoms with Crippen LogP contribution in [0.1, 0.15) is 22.8 Å². The number of ether oxygens (including phenoxy) is 1. The number of methoxy groups -OCH3 is 1. The van der Waals surface area contributed by atoms with Gasteiger partial charge < -0.3 is 4.74 Å². The highest BCUT2D eigenvalue weighted by Crippen LogP contribution is 2.30. The van der Waals surface area contributed by atoms with Crippen molar-refractivity contribution < 1.29 is 14.3 Å². The number of nitrogens with zero attached hydrogens (tertiary/aromatic N) is 1. The summed E-state index contributed by atoms with van der Waals surface area (Å²) in [6.07, 6.45) is -0.441. The van der Waals surface area contributed by atoms with Crippen LogP contribution in [0.2, 0.25) is 0 Å². The van der Waals surface area contributed by atoms with E-state index in [1.165, 1.54) is 18.4 Å². The summed E-state index contributed by atoms with van der Waals surface area (Å²) in [6, 6.07) is 16.2. The molecule has 0 saturated carbocycles. The number of H-pyrrole nitrogens is 1. The monoisotopic (exact) mass is 434 g/mol. The third-order valence-electron chi connectivity index (χ3n) is 5.01. The molecule has 0 amide bonds. The van der Waals surface area contributed by atoms with Crippen molar-refractivity contribution in [3.8, 4) is 11.1 Å². The molecule has 0 aliphatic rings. The van der Waals surface area contributed by atoms with Gasteiger partial charge in [0, 0.05) is 16.5 Å². The van der Waals surface area contributed by atoms with Gasteiger partial charge >= 0.3 is 11.7 Å². The summed E-state index contributed by atoms with van der Waals surface area (Å²) in [6.45, 7) is 0. The Balaban J connectivity index is 1.94. The van der Waals surface area contributed by atoms with E-state index < -0.39 is 35.5 Å². The summed E-state index contributed by atoms with van der Waals surface area (Å²) in [5.74, 6) is -1.22. The molecule has 0 radical (unpaired) electrons. The second-order valence-electron chi connectivity index (χ2n) is 6.85. The topological polar surface area (TPSA) is 98.2 Å². The maximum atomic E-state index is 13.5. The molecule has 7 nitrogen and oxygen atoms in total. The van der Waals surface area contributed by atoms with E-state index >= 15 is 0 Å². The van der Waals surface area contributed by atoms with Gasteiger partial charge in [-0.25, -0.2) is 9.36 Å². The number of ketones is 1. The number of hydrogen-bond acceptors (Lipinski definition) is 6. The van der Waals surface area contributed by atoms with Crippen LogP contribution < -0.4 is 11.2 Å². The molecule has 1 unspecified atom stereocenters. The summed E-state index contributed by atoms with van der Waals surface area (Å²) in [5.41, 5.74) is 0.369. The Hall–Kier alpha value is -3.78. The second-order valence-corrected chi connectivity index (χ2v) is 7.73. The van der Waals surface area contributed by atoms with Crippen molar-refractivity contribution in [2.75, 3.05) is 7.11 Å². The zero-order chi connectivity index (χ0) is 22.0. The van der Waals surface area contributed by atoms with Gasteiger partial charge in [0.2, 0.25) is 0 Å². The van der Waals surface area contributed by atoms with E-state index in [0.717, 1.165) is 10.1 Å². The minimum absolute atomic E-state index is 0.288. The lowest BCUT2D eigenvalue weighted by molar-refractivity contribution is -0.141. The Morgan fingerprint density at radius 1 is 1.03 bits per heavy atom. The summed E-state index contributed by atoms with van der Waals surface area (Å²) in [7, 11) is 1.19. The molecule has 8 heteroatoms. The molecule has 1 N–H and O–H groups in total. The third-order valence-corrected chi connectivity index (χ3v) is 5.90. The van der Waals surface area contributed by atoms with Crippen LogP contribution in [0.25, 0.3) is 21.3 Å². The Morgan fingerprint density at radius 3 is 2.32 bits per heavy atom. The Bertz CT molecular complexity index is 1370. The summed E-state index contributed by atoms with van der Waals surface area (Å²) in [4.78, 5) is 54.7. The highest BCUT2D eigenvalue weighted by Gasteiger charge is 2.29.